The lowest BCUT2D eigenvalue weighted by Crippen LogP contribution is -2.40. The standard InChI is InChI=1S/C22H31NO3Si.C21H26N2O2.2C19H23NO.3C4H12O3Si.3C2H3NO.2CH4/c1-6-18-8-12-20(13-9-18)22(21-14-10-19(7-2)11-15-21)23-16-17-26-27(5,24-3)25-4;1-4-16-6-10-18(11-7-16)20(23-14-15-25-21(24)22-3)19-12-8-17(5-2)9-13-19;2*1-3-15-5-9-17(10-6-15)19(20-13-14-21)18-11-7-16(4-2)8-12-18;3*1-5-8(4,6-2)7-3;3*1-3-2-4;;/h8-15H,6-7,16-17H2,1-5H3;6-13H,4-5,14-15H2,1-3H3,(H,22,24);2*5-12,21H,3-4,13-14H2,1-2H3;3*1-4H3;3*1H3;2*1H4. The van der Waals surface area contributed by atoms with E-state index >= 15 is 0 Å². The minimum Gasteiger partial charge on any atom is -0.448 e. The zero-order valence-corrected chi connectivity index (χ0v) is 86.3. The van der Waals surface area contributed by atoms with E-state index in [1.165, 1.54) is 83.9 Å². The van der Waals surface area contributed by atoms with Crippen molar-refractivity contribution < 1.29 is 87.2 Å². The van der Waals surface area contributed by atoms with Crippen LogP contribution in [0.2, 0.25) is 26.2 Å². The van der Waals surface area contributed by atoms with Crippen molar-refractivity contribution >= 4 is 82.4 Å². The maximum Gasteiger partial charge on any atom is 0.497 e. The molecule has 0 radical (unpaired) electrons. The number of alkyl carbamates (subject to hydrolysis) is 1. The average molecular weight is 1900 g/mol. The van der Waals surface area contributed by atoms with Gasteiger partial charge in [-0.3, -0.25) is 20.0 Å². The van der Waals surface area contributed by atoms with Crippen LogP contribution in [0.5, 0.6) is 0 Å². The summed E-state index contributed by atoms with van der Waals surface area (Å²) in [4.78, 5) is 65.3. The smallest absolute Gasteiger partial charge is 0.448 e. The Hall–Kier alpha value is -9.84. The van der Waals surface area contributed by atoms with Crippen LogP contribution in [0, 0.1) is 0 Å². The van der Waals surface area contributed by atoms with Gasteiger partial charge in [-0.05, 0) is 95.9 Å². The number of benzene rings is 8. The van der Waals surface area contributed by atoms with E-state index in [4.69, 9.17) is 92.4 Å². The fourth-order valence-corrected chi connectivity index (χ4v) is 13.0. The van der Waals surface area contributed by atoms with Gasteiger partial charge in [-0.2, -0.15) is 0 Å². The summed E-state index contributed by atoms with van der Waals surface area (Å²) in [6, 6.07) is 68.3. The Bertz CT molecular complexity index is 4130. The Balaban J connectivity index is -0.000000733. The first-order valence-electron chi connectivity index (χ1n) is 43.1. The number of aliphatic hydroxyl groups is 2. The van der Waals surface area contributed by atoms with Crippen LogP contribution in [-0.2, 0) is 124 Å². The minimum atomic E-state index is -2.52. The van der Waals surface area contributed by atoms with Crippen LogP contribution in [0.4, 0.5) is 4.79 Å². The highest BCUT2D eigenvalue weighted by Gasteiger charge is 2.33. The van der Waals surface area contributed by atoms with Gasteiger partial charge in [0.2, 0.25) is 18.2 Å². The molecule has 0 bridgehead atoms. The van der Waals surface area contributed by atoms with Gasteiger partial charge in [0, 0.05) is 177 Å². The summed E-state index contributed by atoms with van der Waals surface area (Å²) in [5.41, 5.74) is 23.1. The second-order valence-corrected chi connectivity index (χ2v) is 39.3. The zero-order chi connectivity index (χ0) is 98.0. The Morgan fingerprint density at radius 2 is 0.439 bits per heavy atom. The number of aliphatic hydroxyl groups excluding tert-OH is 2. The van der Waals surface area contributed by atoms with Crippen molar-refractivity contribution in [2.45, 2.75) is 148 Å². The lowest BCUT2D eigenvalue weighted by atomic mass is 9.99. The number of carbonyl (C=O) groups excluding carboxylic acids is 4. The summed E-state index contributed by atoms with van der Waals surface area (Å²) in [6.45, 7) is 27.3. The zero-order valence-electron chi connectivity index (χ0n) is 82.3. The summed E-state index contributed by atoms with van der Waals surface area (Å²) in [6.07, 6.45) is 11.7. The number of carbonyl (C=O) groups is 1. The van der Waals surface area contributed by atoms with Gasteiger partial charge in [-0.1, -0.05) is 264 Å². The first-order valence-corrected chi connectivity index (χ1v) is 52.0. The topological polar surface area (TPSA) is 327 Å². The van der Waals surface area contributed by atoms with E-state index < -0.39 is 41.3 Å². The summed E-state index contributed by atoms with van der Waals surface area (Å²) >= 11 is 0. The Labute approximate surface area is 795 Å². The molecule has 0 aliphatic rings. The van der Waals surface area contributed by atoms with Gasteiger partial charge in [0.1, 0.15) is 6.61 Å². The molecule has 0 unspecified atom stereocenters. The Morgan fingerprint density at radius 1 is 0.288 bits per heavy atom. The van der Waals surface area contributed by atoms with Crippen LogP contribution >= 0.6 is 0 Å². The predicted octanol–water partition coefficient (Wildman–Crippen LogP) is 18.4. The highest BCUT2D eigenvalue weighted by Crippen LogP contribution is 2.21. The number of isocyanates is 3. The van der Waals surface area contributed by atoms with Crippen molar-refractivity contribution in [1.82, 2.24) is 5.32 Å². The molecule has 0 heterocycles. The second kappa shape index (κ2) is 78.6. The number of aliphatic imine (C=N–C) groups is 7. The van der Waals surface area contributed by atoms with Crippen molar-refractivity contribution in [2.24, 2.45) is 34.9 Å². The summed E-state index contributed by atoms with van der Waals surface area (Å²) in [5.74, 6) is 0. The van der Waals surface area contributed by atoms with Gasteiger partial charge < -0.3 is 73.4 Å². The van der Waals surface area contributed by atoms with E-state index in [2.05, 4.69) is 280 Å². The van der Waals surface area contributed by atoms with Crippen LogP contribution in [0.3, 0.4) is 0 Å². The molecule has 0 saturated carbocycles. The molecule has 0 fully saturated rings. The number of nitrogens with one attached hydrogen (secondary N) is 1. The number of aryl methyl sites for hydroxylation is 8. The lowest BCUT2D eigenvalue weighted by Gasteiger charge is -2.21. The van der Waals surface area contributed by atoms with Crippen molar-refractivity contribution in [3.8, 4) is 0 Å². The van der Waals surface area contributed by atoms with Gasteiger partial charge in [0.05, 0.1) is 68.8 Å². The van der Waals surface area contributed by atoms with Crippen LogP contribution in [0.15, 0.2) is 229 Å². The largest absolute Gasteiger partial charge is 0.497 e. The van der Waals surface area contributed by atoms with Crippen LogP contribution in [0.1, 0.15) is 159 Å². The second-order valence-electron chi connectivity index (χ2n) is 27.6. The molecule has 3 N–H and O–H groups in total. The third-order valence-corrected chi connectivity index (χ3v) is 28.6. The van der Waals surface area contributed by atoms with Crippen LogP contribution in [0.25, 0.3) is 0 Å². The van der Waals surface area contributed by atoms with Crippen molar-refractivity contribution in [1.29, 1.82) is 0 Å². The summed E-state index contributed by atoms with van der Waals surface area (Å²) in [5, 5.41) is 20.6. The number of amides is 1. The van der Waals surface area contributed by atoms with Crippen molar-refractivity contribution in [3.63, 3.8) is 0 Å². The average Bonchev–Trinajstić information content (AvgIpc) is 0.845. The van der Waals surface area contributed by atoms with E-state index in [0.29, 0.717) is 32.8 Å². The number of ether oxygens (including phenoxy) is 1. The van der Waals surface area contributed by atoms with Gasteiger partial charge in [0.15, 0.2) is 0 Å². The van der Waals surface area contributed by atoms with Gasteiger partial charge >= 0.3 is 41.3 Å². The molecular formula is C101H156N8O19Si4. The molecule has 31 heteroatoms. The number of nitrogens with zero attached hydrogens (tertiary/aromatic N) is 7. The monoisotopic (exact) mass is 1900 g/mol. The number of hydrogen-bond donors (Lipinski definition) is 3. The molecule has 0 saturated heterocycles. The number of rotatable bonds is 38. The van der Waals surface area contributed by atoms with E-state index in [1.54, 1.807) is 85.3 Å². The molecule has 8 rings (SSSR count). The Kier molecular flexibility index (Phi) is 76.5. The maximum atomic E-state index is 11.2. The van der Waals surface area contributed by atoms with Crippen molar-refractivity contribution in [2.75, 3.05) is 159 Å². The lowest BCUT2D eigenvalue weighted by molar-refractivity contribution is 0.109. The van der Waals surface area contributed by atoms with Crippen LogP contribution in [-0.4, -0.2) is 252 Å². The molecule has 8 aromatic carbocycles. The van der Waals surface area contributed by atoms with E-state index in [1.807, 2.05) is 26.2 Å². The molecule has 27 nitrogen and oxygen atoms in total. The Morgan fingerprint density at radius 3 is 0.561 bits per heavy atom. The molecule has 0 atom stereocenters. The molecule has 0 aliphatic carbocycles. The van der Waals surface area contributed by atoms with Crippen molar-refractivity contribution in [3.05, 3.63) is 283 Å². The molecule has 0 spiro atoms. The first kappa shape index (κ1) is 128. The summed E-state index contributed by atoms with van der Waals surface area (Å²) < 4.78 is 65.9. The quantitative estimate of drug-likeness (QED) is 0.0140. The fraction of sp³-hybridized carbons (Fsp3) is 0.446. The highest BCUT2D eigenvalue weighted by atomic mass is 28.4. The SMILES string of the molecule is C.C.CCc1ccc(C(=NCCO)c2ccc(CC)cc2)cc1.CCc1ccc(C(=NCCO)c2ccc(CC)cc2)cc1.CCc1ccc(C(=NCCOC(=O)NC)c2ccc(CC)cc2)cc1.CCc1ccc(C(=NCCO[Si](C)(OC)OC)c2ccc(CC)cc2)cc1.CN=C=O.CN=C=O.CN=C=O.CO[Si](C)(OC)OC.CO[Si](C)(OC)OC.CO[Si](C)(OC)OC. The molecule has 0 aliphatic heterocycles. The third-order valence-electron chi connectivity index (χ3n) is 19.7. The molecule has 1 amide bonds. The maximum absolute atomic E-state index is 11.2. The van der Waals surface area contributed by atoms with Crippen LogP contribution < -0.4 is 5.32 Å². The number of hydrogen-bond acceptors (Lipinski definition) is 26. The minimum absolute atomic E-state index is 0. The summed E-state index contributed by atoms with van der Waals surface area (Å²) in [7, 11) is 14.1. The fourth-order valence-electron chi connectivity index (χ4n) is 10.6. The molecule has 8 aromatic rings. The van der Waals surface area contributed by atoms with Gasteiger partial charge in [-0.25, -0.2) is 34.2 Å². The normalized spacial score (nSPS) is 10.2. The molecular weight excluding hydrogens is 1740 g/mol. The van der Waals surface area contributed by atoms with E-state index in [-0.39, 0.29) is 34.7 Å². The van der Waals surface area contributed by atoms with Gasteiger partial charge in [0.25, 0.3) is 0 Å². The predicted molar refractivity (Wildman–Crippen MR) is 548 cm³/mol. The van der Waals surface area contributed by atoms with E-state index in [9.17, 15) is 4.79 Å². The molecule has 132 heavy (non-hydrogen) atoms. The molecule has 0 aromatic heterocycles. The third kappa shape index (κ3) is 53.2. The van der Waals surface area contributed by atoms with E-state index in [0.717, 1.165) is 119 Å². The van der Waals surface area contributed by atoms with Gasteiger partial charge in [-0.15, -0.1) is 0 Å². The molecule has 730 valence electrons. The highest BCUT2D eigenvalue weighted by molar-refractivity contribution is 6.60. The first-order chi connectivity index (χ1) is 62.6.